The third-order valence-electron chi connectivity index (χ3n) is 4.10. The van der Waals surface area contributed by atoms with Crippen LogP contribution in [-0.4, -0.2) is 17.5 Å². The number of fused-ring (bicyclic) bond motifs is 1. The zero-order chi connectivity index (χ0) is 21.3. The maximum atomic E-state index is 13.3. The van der Waals surface area contributed by atoms with Gasteiger partial charge in [-0.15, -0.1) is 11.3 Å². The van der Waals surface area contributed by atoms with Crippen LogP contribution >= 0.6 is 30.3 Å². The Morgan fingerprint density at radius 3 is 2.52 bits per heavy atom. The van der Waals surface area contributed by atoms with E-state index in [-0.39, 0.29) is 5.56 Å². The molecule has 3 rings (SSSR count). The average molecular weight is 460 g/mol. The number of hydrogen-bond donors (Lipinski definition) is 2. The van der Waals surface area contributed by atoms with Crippen molar-refractivity contribution in [2.45, 2.75) is 5.66 Å². The predicted octanol–water partition coefficient (Wildman–Crippen LogP) is 5.70. The van der Waals surface area contributed by atoms with Crippen molar-refractivity contribution < 1.29 is 27.4 Å². The van der Waals surface area contributed by atoms with Crippen molar-refractivity contribution in [3.05, 3.63) is 75.5 Å². The van der Waals surface area contributed by atoms with Gasteiger partial charge in [-0.3, -0.25) is 9.36 Å². The van der Waals surface area contributed by atoms with E-state index in [9.17, 15) is 27.4 Å². The molecule has 0 saturated carbocycles. The normalized spacial score (nSPS) is 14.8. The van der Waals surface area contributed by atoms with Gasteiger partial charge >= 0.3 is 0 Å². The van der Waals surface area contributed by atoms with Gasteiger partial charge in [-0.1, -0.05) is 11.6 Å². The second-order valence-electron chi connectivity index (χ2n) is 6.32. The van der Waals surface area contributed by atoms with E-state index in [1.54, 1.807) is 23.6 Å². The Kier molecular flexibility index (Phi) is 6.19. The minimum absolute atomic E-state index is 0.0327. The van der Waals surface area contributed by atoms with E-state index in [0.717, 1.165) is 35.8 Å². The third kappa shape index (κ3) is 4.73. The zero-order valence-electron chi connectivity index (χ0n) is 14.8. The first-order chi connectivity index (χ1) is 13.6. The summed E-state index contributed by atoms with van der Waals surface area (Å²) in [7, 11) is -3.93. The molecule has 2 atom stereocenters. The summed E-state index contributed by atoms with van der Waals surface area (Å²) >= 11 is 7.31. The number of amides is 1. The number of rotatable bonds is 5. The van der Waals surface area contributed by atoms with E-state index in [4.69, 9.17) is 11.6 Å². The van der Waals surface area contributed by atoms with Gasteiger partial charge in [0.25, 0.3) is 0 Å². The molecule has 10 heteroatoms. The van der Waals surface area contributed by atoms with Gasteiger partial charge in [0.1, 0.15) is 5.66 Å². The Morgan fingerprint density at radius 2 is 1.90 bits per heavy atom. The molecule has 152 valence electrons. The molecule has 0 aliphatic carbocycles. The molecule has 0 spiro atoms. The predicted molar refractivity (Wildman–Crippen MR) is 109 cm³/mol. The van der Waals surface area contributed by atoms with Crippen molar-refractivity contribution in [1.29, 1.82) is 0 Å². The average Bonchev–Trinajstić information content (AvgIpc) is 3.01. The van der Waals surface area contributed by atoms with Crippen molar-refractivity contribution in [3.8, 4) is 0 Å². The van der Waals surface area contributed by atoms with Gasteiger partial charge in [0.15, 0.2) is 17.5 Å². The summed E-state index contributed by atoms with van der Waals surface area (Å²) in [4.78, 5) is 22.8. The van der Waals surface area contributed by atoms with Crippen LogP contribution in [0.15, 0.2) is 41.9 Å². The molecule has 1 heterocycles. The molecule has 0 fully saturated rings. The van der Waals surface area contributed by atoms with E-state index in [0.29, 0.717) is 16.0 Å². The molecule has 0 radical (unpaired) electrons. The fraction of sp³-hybridized carbons (Fsp3) is 0.105. The van der Waals surface area contributed by atoms with Crippen molar-refractivity contribution in [1.82, 2.24) is 5.32 Å². The molecule has 2 N–H and O–H groups in total. The first kappa shape index (κ1) is 21.6. The summed E-state index contributed by atoms with van der Waals surface area (Å²) in [6.07, 6.45) is 2.21. The molecule has 2 aromatic carbocycles. The molecular weight excluding hydrogens is 446 g/mol. The van der Waals surface area contributed by atoms with Crippen molar-refractivity contribution in [3.63, 3.8) is 0 Å². The topological polar surface area (TPSA) is 66.4 Å². The molecule has 0 saturated heterocycles. The van der Waals surface area contributed by atoms with E-state index < -0.39 is 36.4 Å². The lowest BCUT2D eigenvalue weighted by Gasteiger charge is -2.18. The lowest BCUT2D eigenvalue weighted by Crippen LogP contribution is -2.25. The highest BCUT2D eigenvalue weighted by Crippen LogP contribution is 2.54. The monoisotopic (exact) mass is 459 g/mol. The van der Waals surface area contributed by atoms with Crippen molar-refractivity contribution >= 4 is 52.4 Å². The minimum Gasteiger partial charge on any atom is -0.344 e. The first-order valence-electron chi connectivity index (χ1n) is 8.16. The largest absolute Gasteiger partial charge is 0.344 e. The molecule has 3 aromatic rings. The smallest absolute Gasteiger partial charge is 0.241 e. The fourth-order valence-corrected chi connectivity index (χ4v) is 5.30. The van der Waals surface area contributed by atoms with Crippen LogP contribution in [-0.2, 0) is 9.36 Å². The van der Waals surface area contributed by atoms with E-state index >= 15 is 0 Å². The maximum absolute atomic E-state index is 13.3. The summed E-state index contributed by atoms with van der Waals surface area (Å²) in [5, 5.41) is 4.96. The Hall–Kier alpha value is -2.12. The number of carbonyl (C=O) groups excluding carboxylic acids is 1. The summed E-state index contributed by atoms with van der Waals surface area (Å²) in [5.41, 5.74) is -1.05. The van der Waals surface area contributed by atoms with Gasteiger partial charge in [0.2, 0.25) is 13.3 Å². The summed E-state index contributed by atoms with van der Waals surface area (Å²) < 4.78 is 52.8. The molecule has 0 aliphatic heterocycles. The van der Waals surface area contributed by atoms with Gasteiger partial charge in [0, 0.05) is 22.6 Å². The standard InChI is InChI=1S/C19H14ClF3NO3PS/c1-28(26,27)18(13-9-29-16-3-2-11(20)8-12(13)16)19(25)24-5-4-10-6-14(21)17(23)15(22)7-10/h2-9,18H,1H3,(H,24,25)(H,26,27)/b5-4+. The molecule has 1 aromatic heterocycles. The third-order valence-corrected chi connectivity index (χ3v) is 6.78. The second kappa shape index (κ2) is 8.32. The van der Waals surface area contributed by atoms with Crippen LogP contribution in [0.3, 0.4) is 0 Å². The molecule has 0 bridgehead atoms. The Bertz CT molecular complexity index is 1150. The first-order valence-corrected chi connectivity index (χ1v) is 11.6. The van der Waals surface area contributed by atoms with E-state index in [1.807, 2.05) is 0 Å². The molecule has 2 unspecified atom stereocenters. The van der Waals surface area contributed by atoms with Crippen LogP contribution in [0.5, 0.6) is 0 Å². The van der Waals surface area contributed by atoms with Crippen LogP contribution < -0.4 is 5.32 Å². The summed E-state index contributed by atoms with van der Waals surface area (Å²) in [6.45, 7) is 1.07. The number of hydrogen-bond acceptors (Lipinski definition) is 3. The number of halogens is 4. The molecule has 1 amide bonds. The highest BCUT2D eigenvalue weighted by molar-refractivity contribution is 7.58. The Labute approximate surface area is 173 Å². The van der Waals surface area contributed by atoms with Crippen LogP contribution in [0.2, 0.25) is 5.02 Å². The van der Waals surface area contributed by atoms with Gasteiger partial charge < -0.3 is 10.2 Å². The van der Waals surface area contributed by atoms with Crippen LogP contribution in [0.25, 0.3) is 16.2 Å². The number of nitrogens with one attached hydrogen (secondary N) is 1. The maximum Gasteiger partial charge on any atom is 0.241 e. The van der Waals surface area contributed by atoms with E-state index in [2.05, 4.69) is 5.32 Å². The summed E-state index contributed by atoms with van der Waals surface area (Å²) in [6, 6.07) is 6.54. The quantitative estimate of drug-likeness (QED) is 0.380. The summed E-state index contributed by atoms with van der Waals surface area (Å²) in [5.74, 6) is -5.12. The number of thiophene rings is 1. The fourth-order valence-electron chi connectivity index (χ4n) is 2.82. The lowest BCUT2D eigenvalue weighted by atomic mass is 10.1. The van der Waals surface area contributed by atoms with Crippen molar-refractivity contribution in [2.24, 2.45) is 0 Å². The second-order valence-corrected chi connectivity index (χ2v) is 10.1. The molecule has 29 heavy (non-hydrogen) atoms. The molecular formula is C19H14ClF3NO3PS. The Morgan fingerprint density at radius 1 is 1.24 bits per heavy atom. The number of carbonyl (C=O) groups is 1. The van der Waals surface area contributed by atoms with Gasteiger partial charge in [-0.2, -0.15) is 0 Å². The SMILES string of the molecule is CP(=O)(O)C(C(=O)N/C=C/c1cc(F)c(F)c(F)c1)c1csc2ccc(Cl)cc12. The van der Waals surface area contributed by atoms with Crippen LogP contribution in [0.1, 0.15) is 16.8 Å². The van der Waals surface area contributed by atoms with Gasteiger partial charge in [-0.05, 0) is 58.3 Å². The highest BCUT2D eigenvalue weighted by atomic mass is 35.5. The van der Waals surface area contributed by atoms with Crippen LogP contribution in [0, 0.1) is 17.5 Å². The van der Waals surface area contributed by atoms with Crippen molar-refractivity contribution in [2.75, 3.05) is 6.66 Å². The number of benzene rings is 2. The van der Waals surface area contributed by atoms with Gasteiger partial charge in [0.05, 0.1) is 0 Å². The van der Waals surface area contributed by atoms with Crippen LogP contribution in [0.4, 0.5) is 13.2 Å². The minimum atomic E-state index is -3.93. The lowest BCUT2D eigenvalue weighted by molar-refractivity contribution is -0.120. The highest BCUT2D eigenvalue weighted by Gasteiger charge is 2.36. The zero-order valence-corrected chi connectivity index (χ0v) is 17.3. The molecule has 4 nitrogen and oxygen atoms in total. The van der Waals surface area contributed by atoms with E-state index in [1.165, 1.54) is 11.3 Å². The molecule has 0 aliphatic rings. The van der Waals surface area contributed by atoms with Gasteiger partial charge in [-0.25, -0.2) is 13.2 Å². The Balaban J connectivity index is 1.89.